The molecular formula is C37H40FN3O4S. The second-order valence-electron chi connectivity index (χ2n) is 12.0. The van der Waals surface area contributed by atoms with E-state index in [0.717, 1.165) is 46.7 Å². The lowest BCUT2D eigenvalue weighted by Crippen LogP contribution is -2.54. The lowest BCUT2D eigenvalue weighted by molar-refractivity contribution is -0.140. The maximum absolute atomic E-state index is 15.1. The van der Waals surface area contributed by atoms with Crippen molar-refractivity contribution in [2.75, 3.05) is 10.8 Å². The zero-order valence-electron chi connectivity index (χ0n) is 26.2. The number of halogens is 1. The molecule has 1 saturated carbocycles. The average molecular weight is 642 g/mol. The van der Waals surface area contributed by atoms with E-state index in [4.69, 9.17) is 0 Å². The smallest absolute Gasteiger partial charge is 0.264 e. The molecule has 0 spiro atoms. The van der Waals surface area contributed by atoms with Crippen molar-refractivity contribution in [2.45, 2.75) is 69.5 Å². The second kappa shape index (κ2) is 14.7. The monoisotopic (exact) mass is 641 g/mol. The molecule has 240 valence electrons. The average Bonchev–Trinajstić information content (AvgIpc) is 3.56. The molecule has 0 saturated heterocycles. The van der Waals surface area contributed by atoms with Crippen LogP contribution in [0, 0.1) is 19.7 Å². The Hall–Kier alpha value is -4.50. The van der Waals surface area contributed by atoms with Crippen LogP contribution in [0.4, 0.5) is 10.1 Å². The van der Waals surface area contributed by atoms with Crippen LogP contribution < -0.4 is 9.62 Å². The molecule has 0 unspecified atom stereocenters. The third kappa shape index (κ3) is 8.01. The molecule has 1 aliphatic rings. The van der Waals surface area contributed by atoms with Gasteiger partial charge >= 0.3 is 0 Å². The number of amides is 2. The molecule has 4 aromatic rings. The summed E-state index contributed by atoms with van der Waals surface area (Å²) in [6, 6.07) is 27.7. The van der Waals surface area contributed by atoms with E-state index in [-0.39, 0.29) is 35.4 Å². The SMILES string of the molecule is Cc1ccc(N(CC(=O)N(Cc2ccccc2F)[C@H](Cc2ccccc2)C(=O)NC2CCCC2)S(=O)(=O)c2ccc(C)cc2)cc1. The van der Waals surface area contributed by atoms with Crippen molar-refractivity contribution in [1.29, 1.82) is 0 Å². The predicted octanol–water partition coefficient (Wildman–Crippen LogP) is 6.34. The van der Waals surface area contributed by atoms with Crippen molar-refractivity contribution < 1.29 is 22.4 Å². The number of nitrogens with one attached hydrogen (secondary N) is 1. The quantitative estimate of drug-likeness (QED) is 0.196. The summed E-state index contributed by atoms with van der Waals surface area (Å²) in [6.45, 7) is 2.95. The van der Waals surface area contributed by atoms with Gasteiger partial charge in [0.25, 0.3) is 10.0 Å². The minimum absolute atomic E-state index is 0.0119. The molecule has 1 fully saturated rings. The van der Waals surface area contributed by atoms with Crippen LogP contribution in [0.15, 0.2) is 108 Å². The molecule has 1 atom stereocenters. The number of carbonyl (C=O) groups is 2. The maximum atomic E-state index is 15.1. The molecule has 9 heteroatoms. The van der Waals surface area contributed by atoms with Gasteiger partial charge in [-0.2, -0.15) is 0 Å². The Morgan fingerprint density at radius 3 is 2.04 bits per heavy atom. The number of benzene rings is 4. The number of hydrogen-bond acceptors (Lipinski definition) is 4. The van der Waals surface area contributed by atoms with E-state index in [2.05, 4.69) is 5.32 Å². The van der Waals surface area contributed by atoms with Gasteiger partial charge in [-0.25, -0.2) is 12.8 Å². The van der Waals surface area contributed by atoms with Crippen LogP contribution in [-0.2, 0) is 32.6 Å². The van der Waals surface area contributed by atoms with E-state index in [1.165, 1.54) is 23.1 Å². The van der Waals surface area contributed by atoms with Gasteiger partial charge in [0.05, 0.1) is 10.6 Å². The van der Waals surface area contributed by atoms with Crippen molar-refractivity contribution in [1.82, 2.24) is 10.2 Å². The highest BCUT2D eigenvalue weighted by Crippen LogP contribution is 2.26. The van der Waals surface area contributed by atoms with Gasteiger partial charge in [-0.3, -0.25) is 13.9 Å². The summed E-state index contributed by atoms with van der Waals surface area (Å²) >= 11 is 0. The summed E-state index contributed by atoms with van der Waals surface area (Å²) in [5.41, 5.74) is 3.18. The predicted molar refractivity (Wildman–Crippen MR) is 178 cm³/mol. The molecule has 4 aromatic carbocycles. The maximum Gasteiger partial charge on any atom is 0.264 e. The van der Waals surface area contributed by atoms with Crippen LogP contribution in [0.1, 0.15) is 47.9 Å². The highest BCUT2D eigenvalue weighted by Gasteiger charge is 2.36. The Balaban J connectivity index is 1.57. The number of rotatable bonds is 12. The van der Waals surface area contributed by atoms with Gasteiger partial charge in [-0.05, 0) is 62.6 Å². The van der Waals surface area contributed by atoms with Crippen molar-refractivity contribution in [3.8, 4) is 0 Å². The zero-order valence-corrected chi connectivity index (χ0v) is 27.0. The number of anilines is 1. The van der Waals surface area contributed by atoms with Gasteiger partial charge in [0.15, 0.2) is 0 Å². The van der Waals surface area contributed by atoms with E-state index in [1.807, 2.05) is 44.2 Å². The van der Waals surface area contributed by atoms with Crippen molar-refractivity contribution in [3.05, 3.63) is 131 Å². The van der Waals surface area contributed by atoms with Crippen LogP contribution in [0.5, 0.6) is 0 Å². The number of carbonyl (C=O) groups excluding carboxylic acids is 2. The molecule has 0 radical (unpaired) electrons. The molecule has 46 heavy (non-hydrogen) atoms. The van der Waals surface area contributed by atoms with Crippen LogP contribution >= 0.6 is 0 Å². The highest BCUT2D eigenvalue weighted by atomic mass is 32.2. The Morgan fingerprint density at radius 2 is 1.41 bits per heavy atom. The van der Waals surface area contributed by atoms with E-state index < -0.39 is 34.3 Å². The molecule has 1 aliphatic carbocycles. The fourth-order valence-electron chi connectivity index (χ4n) is 5.81. The molecule has 0 bridgehead atoms. The highest BCUT2D eigenvalue weighted by molar-refractivity contribution is 7.92. The third-order valence-corrected chi connectivity index (χ3v) is 10.3. The Labute approximate surface area is 271 Å². The zero-order chi connectivity index (χ0) is 32.7. The van der Waals surface area contributed by atoms with Gasteiger partial charge in [-0.15, -0.1) is 0 Å². The molecule has 1 N–H and O–H groups in total. The fraction of sp³-hybridized carbons (Fsp3) is 0.297. The topological polar surface area (TPSA) is 86.8 Å². The lowest BCUT2D eigenvalue weighted by Gasteiger charge is -2.34. The van der Waals surface area contributed by atoms with Gasteiger partial charge in [0.2, 0.25) is 11.8 Å². The first-order chi connectivity index (χ1) is 22.1. The number of nitrogens with zero attached hydrogens (tertiary/aromatic N) is 2. The Kier molecular flexibility index (Phi) is 10.5. The molecule has 0 heterocycles. The van der Waals surface area contributed by atoms with E-state index >= 15 is 4.39 Å². The standard InChI is InChI=1S/C37H40FN3O4S/c1-27-16-20-32(21-17-27)41(46(44,45)33-22-18-28(2)19-23-33)26-36(42)40(25-30-12-6-9-15-34(30)38)35(24-29-10-4-3-5-11-29)37(43)39-31-13-7-8-14-31/h3-6,9-12,15-23,31,35H,7-8,13-14,24-26H2,1-2H3,(H,39,43)/t35-/m1/s1. The van der Waals surface area contributed by atoms with Gasteiger partial charge < -0.3 is 10.2 Å². The first-order valence-corrected chi connectivity index (χ1v) is 17.1. The Bertz CT molecular complexity index is 1740. The Morgan fingerprint density at radius 1 is 0.826 bits per heavy atom. The van der Waals surface area contributed by atoms with Crippen molar-refractivity contribution >= 4 is 27.5 Å². The van der Waals surface area contributed by atoms with Gasteiger partial charge in [0, 0.05) is 24.6 Å². The second-order valence-corrected chi connectivity index (χ2v) is 13.8. The van der Waals surface area contributed by atoms with Gasteiger partial charge in [0.1, 0.15) is 18.4 Å². The molecule has 7 nitrogen and oxygen atoms in total. The number of sulfonamides is 1. The summed E-state index contributed by atoms with van der Waals surface area (Å²) in [7, 11) is -4.21. The van der Waals surface area contributed by atoms with E-state index in [9.17, 15) is 18.0 Å². The van der Waals surface area contributed by atoms with Crippen LogP contribution in [0.25, 0.3) is 0 Å². The van der Waals surface area contributed by atoms with Crippen molar-refractivity contribution in [3.63, 3.8) is 0 Å². The molecule has 0 aliphatic heterocycles. The van der Waals surface area contributed by atoms with Crippen molar-refractivity contribution in [2.24, 2.45) is 0 Å². The van der Waals surface area contributed by atoms with E-state index in [0.29, 0.717) is 5.69 Å². The normalized spacial score (nSPS) is 14.1. The summed E-state index contributed by atoms with van der Waals surface area (Å²) in [5.74, 6) is -1.48. The molecular weight excluding hydrogens is 601 g/mol. The van der Waals surface area contributed by atoms with E-state index in [1.54, 1.807) is 54.6 Å². The number of hydrogen-bond donors (Lipinski definition) is 1. The fourth-order valence-corrected chi connectivity index (χ4v) is 7.22. The first kappa shape index (κ1) is 32.9. The van der Waals surface area contributed by atoms with Gasteiger partial charge in [-0.1, -0.05) is 96.8 Å². The molecule has 2 amide bonds. The number of aryl methyl sites for hydroxylation is 2. The third-order valence-electron chi connectivity index (χ3n) is 8.48. The summed E-state index contributed by atoms with van der Waals surface area (Å²) in [4.78, 5) is 29.9. The van der Waals surface area contributed by atoms with Crippen LogP contribution in [0.3, 0.4) is 0 Å². The minimum atomic E-state index is -4.21. The van der Waals surface area contributed by atoms with Crippen LogP contribution in [-0.4, -0.2) is 43.8 Å². The molecule has 0 aromatic heterocycles. The lowest BCUT2D eigenvalue weighted by atomic mass is 10.0. The summed E-state index contributed by atoms with van der Waals surface area (Å²) < 4.78 is 44.4. The largest absolute Gasteiger partial charge is 0.352 e. The molecule has 5 rings (SSSR count). The van der Waals surface area contributed by atoms with Crippen LogP contribution in [0.2, 0.25) is 0 Å². The summed E-state index contributed by atoms with van der Waals surface area (Å²) in [5, 5.41) is 3.13. The minimum Gasteiger partial charge on any atom is -0.352 e. The first-order valence-electron chi connectivity index (χ1n) is 15.6. The summed E-state index contributed by atoms with van der Waals surface area (Å²) in [6.07, 6.45) is 3.89.